The lowest BCUT2D eigenvalue weighted by molar-refractivity contribution is 0.419. The van der Waals surface area contributed by atoms with Gasteiger partial charge in [-0.2, -0.15) is 0 Å². The van der Waals surface area contributed by atoms with Crippen LogP contribution >= 0.6 is 11.6 Å². The lowest BCUT2D eigenvalue weighted by Gasteiger charge is -2.17. The molecule has 1 aromatic carbocycles. The molecule has 1 fully saturated rings. The maximum absolute atomic E-state index is 6.28. The number of methoxy groups -OCH3 is 1. The van der Waals surface area contributed by atoms with E-state index in [0.717, 1.165) is 22.6 Å². The van der Waals surface area contributed by atoms with E-state index in [1.165, 1.54) is 12.8 Å². The number of halogens is 1. The van der Waals surface area contributed by atoms with E-state index in [1.54, 1.807) is 7.11 Å². The molecule has 0 spiro atoms. The Morgan fingerprint density at radius 3 is 2.72 bits per heavy atom. The second-order valence-electron chi connectivity index (χ2n) is 5.25. The number of aromatic nitrogens is 2. The van der Waals surface area contributed by atoms with Crippen LogP contribution < -0.4 is 4.74 Å². The van der Waals surface area contributed by atoms with E-state index in [-0.39, 0.29) is 10.9 Å². The number of fused-ring (bicyclic) bond motifs is 1. The second kappa shape index (κ2) is 3.89. The summed E-state index contributed by atoms with van der Waals surface area (Å²) in [7, 11) is 1.68. The van der Waals surface area contributed by atoms with Crippen LogP contribution in [0.25, 0.3) is 11.0 Å². The summed E-state index contributed by atoms with van der Waals surface area (Å²) in [6.45, 7) is 4.23. The topological polar surface area (TPSA) is 27.1 Å². The van der Waals surface area contributed by atoms with Crippen molar-refractivity contribution in [3.8, 4) is 5.75 Å². The van der Waals surface area contributed by atoms with Crippen LogP contribution in [0.3, 0.4) is 0 Å². The van der Waals surface area contributed by atoms with E-state index in [4.69, 9.17) is 21.3 Å². The normalized spacial score (nSPS) is 18.9. The smallest absolute Gasteiger partial charge is 0.146 e. The Hall–Kier alpha value is -1.22. The van der Waals surface area contributed by atoms with Gasteiger partial charge in [0.15, 0.2) is 0 Å². The molecule has 2 aromatic rings. The third kappa shape index (κ3) is 1.61. The van der Waals surface area contributed by atoms with Crippen LogP contribution in [-0.4, -0.2) is 16.7 Å². The third-order valence-electron chi connectivity index (χ3n) is 3.76. The summed E-state index contributed by atoms with van der Waals surface area (Å²) in [5, 5.41) is -0.0977. The molecule has 1 atom stereocenters. The van der Waals surface area contributed by atoms with Crippen molar-refractivity contribution in [3.63, 3.8) is 0 Å². The number of hydrogen-bond acceptors (Lipinski definition) is 2. The summed E-state index contributed by atoms with van der Waals surface area (Å²) < 4.78 is 7.68. The van der Waals surface area contributed by atoms with Crippen LogP contribution in [0.1, 0.15) is 37.9 Å². The van der Waals surface area contributed by atoms with Gasteiger partial charge in [0.25, 0.3) is 0 Å². The van der Waals surface area contributed by atoms with E-state index in [9.17, 15) is 0 Å². The minimum atomic E-state index is -0.0977. The van der Waals surface area contributed by atoms with Crippen LogP contribution in [0, 0.1) is 0 Å². The third-order valence-corrected chi connectivity index (χ3v) is 3.96. The van der Waals surface area contributed by atoms with E-state index in [2.05, 4.69) is 17.6 Å². The van der Waals surface area contributed by atoms with Gasteiger partial charge in [-0.15, -0.1) is 11.6 Å². The summed E-state index contributed by atoms with van der Waals surface area (Å²) >= 11 is 6.28. The first-order chi connectivity index (χ1) is 8.57. The van der Waals surface area contributed by atoms with Crippen LogP contribution in [0.15, 0.2) is 18.2 Å². The molecule has 1 heterocycles. The summed E-state index contributed by atoms with van der Waals surface area (Å²) in [6.07, 6.45) is 2.37. The lowest BCUT2D eigenvalue weighted by Crippen LogP contribution is -2.16. The zero-order valence-corrected chi connectivity index (χ0v) is 11.7. The highest BCUT2D eigenvalue weighted by molar-refractivity contribution is 6.20. The van der Waals surface area contributed by atoms with Gasteiger partial charge < -0.3 is 9.30 Å². The molecular formula is C14H17ClN2O. The molecule has 0 aliphatic heterocycles. The molecule has 0 N–H and O–H groups in total. The molecule has 0 radical (unpaired) electrons. The molecule has 1 aromatic heterocycles. The minimum absolute atomic E-state index is 0.0977. The second-order valence-corrected chi connectivity index (χ2v) is 5.90. The van der Waals surface area contributed by atoms with Gasteiger partial charge in [0, 0.05) is 5.54 Å². The van der Waals surface area contributed by atoms with E-state index in [1.807, 2.05) is 19.1 Å². The Labute approximate surface area is 112 Å². The summed E-state index contributed by atoms with van der Waals surface area (Å²) in [5.74, 6) is 1.75. The predicted molar refractivity (Wildman–Crippen MR) is 73.4 cm³/mol. The first-order valence-corrected chi connectivity index (χ1v) is 6.70. The molecule has 4 heteroatoms. The molecule has 96 valence electrons. The maximum Gasteiger partial charge on any atom is 0.146 e. The number of benzene rings is 1. The number of nitrogens with zero attached hydrogens (tertiary/aromatic N) is 2. The highest BCUT2D eigenvalue weighted by atomic mass is 35.5. The number of alkyl halides is 1. The Morgan fingerprint density at radius 1 is 1.44 bits per heavy atom. The molecule has 18 heavy (non-hydrogen) atoms. The maximum atomic E-state index is 6.28. The fraction of sp³-hybridized carbons (Fsp3) is 0.500. The van der Waals surface area contributed by atoms with Crippen LogP contribution in [0.2, 0.25) is 0 Å². The first kappa shape index (κ1) is 11.8. The SMILES string of the molecule is COc1cccc2c1nc(C(C)Cl)n2C1(C)CC1. The van der Waals surface area contributed by atoms with Gasteiger partial charge in [0.1, 0.15) is 17.1 Å². The van der Waals surface area contributed by atoms with Gasteiger partial charge in [-0.05, 0) is 38.8 Å². The van der Waals surface area contributed by atoms with Gasteiger partial charge in [-0.25, -0.2) is 4.98 Å². The Bertz CT molecular complexity index is 599. The van der Waals surface area contributed by atoms with Crippen molar-refractivity contribution in [3.05, 3.63) is 24.0 Å². The highest BCUT2D eigenvalue weighted by Gasteiger charge is 2.42. The molecule has 3 nitrogen and oxygen atoms in total. The van der Waals surface area contributed by atoms with Gasteiger partial charge in [0.05, 0.1) is 18.0 Å². The lowest BCUT2D eigenvalue weighted by atomic mass is 10.2. The molecule has 1 saturated carbocycles. The fourth-order valence-electron chi connectivity index (χ4n) is 2.49. The standard InChI is InChI=1S/C14H17ClN2O/c1-9(15)13-16-12-10(5-4-6-11(12)18-3)17(13)14(2)7-8-14/h4-6,9H,7-8H2,1-3H3. The fourth-order valence-corrected chi connectivity index (χ4v) is 2.64. The van der Waals surface area contributed by atoms with Crippen LogP contribution in [0.5, 0.6) is 5.75 Å². The van der Waals surface area contributed by atoms with Crippen LogP contribution in [0.4, 0.5) is 0 Å². The summed E-state index contributed by atoms with van der Waals surface area (Å²) in [6, 6.07) is 6.04. The molecule has 0 saturated heterocycles. The van der Waals surface area contributed by atoms with Crippen molar-refractivity contribution >= 4 is 22.6 Å². The average molecular weight is 265 g/mol. The molecule has 1 aliphatic rings. The molecular weight excluding hydrogens is 248 g/mol. The Kier molecular flexibility index (Phi) is 2.56. The zero-order chi connectivity index (χ0) is 12.9. The van der Waals surface area contributed by atoms with E-state index >= 15 is 0 Å². The van der Waals surface area contributed by atoms with E-state index in [0.29, 0.717) is 0 Å². The van der Waals surface area contributed by atoms with Crippen molar-refractivity contribution in [2.45, 2.75) is 37.6 Å². The number of para-hydroxylation sites is 1. The average Bonchev–Trinajstić information content (AvgIpc) is 2.95. The van der Waals surface area contributed by atoms with Gasteiger partial charge in [-0.1, -0.05) is 6.07 Å². The van der Waals surface area contributed by atoms with Gasteiger partial charge in [0.2, 0.25) is 0 Å². The van der Waals surface area contributed by atoms with Gasteiger partial charge >= 0.3 is 0 Å². The largest absolute Gasteiger partial charge is 0.494 e. The highest BCUT2D eigenvalue weighted by Crippen LogP contribution is 2.47. The number of rotatable bonds is 3. The predicted octanol–water partition coefficient (Wildman–Crippen LogP) is 3.85. The zero-order valence-electron chi connectivity index (χ0n) is 10.9. The molecule has 1 unspecified atom stereocenters. The number of ether oxygens (including phenoxy) is 1. The van der Waals surface area contributed by atoms with Crippen LogP contribution in [-0.2, 0) is 5.54 Å². The quantitative estimate of drug-likeness (QED) is 0.788. The van der Waals surface area contributed by atoms with E-state index < -0.39 is 0 Å². The van der Waals surface area contributed by atoms with Crippen molar-refractivity contribution in [2.75, 3.05) is 7.11 Å². The molecule has 0 amide bonds. The van der Waals surface area contributed by atoms with Crippen molar-refractivity contribution in [2.24, 2.45) is 0 Å². The molecule has 0 bridgehead atoms. The van der Waals surface area contributed by atoms with Crippen molar-refractivity contribution in [1.82, 2.24) is 9.55 Å². The Balaban J connectivity index is 2.33. The summed E-state index contributed by atoms with van der Waals surface area (Å²) in [5.41, 5.74) is 2.21. The monoisotopic (exact) mass is 264 g/mol. The Morgan fingerprint density at radius 2 is 2.17 bits per heavy atom. The molecule has 1 aliphatic carbocycles. The summed E-state index contributed by atoms with van der Waals surface area (Å²) in [4.78, 5) is 4.70. The van der Waals surface area contributed by atoms with Crippen molar-refractivity contribution in [1.29, 1.82) is 0 Å². The molecule has 3 rings (SSSR count). The van der Waals surface area contributed by atoms with Gasteiger partial charge in [-0.3, -0.25) is 0 Å². The first-order valence-electron chi connectivity index (χ1n) is 6.27. The number of hydrogen-bond donors (Lipinski definition) is 0. The number of imidazole rings is 1. The van der Waals surface area contributed by atoms with Crippen molar-refractivity contribution < 1.29 is 4.74 Å². The minimum Gasteiger partial charge on any atom is -0.494 e.